The van der Waals surface area contributed by atoms with Gasteiger partial charge in [-0.15, -0.1) is 0 Å². The molecule has 0 amide bonds. The van der Waals surface area contributed by atoms with E-state index in [4.69, 9.17) is 0 Å². The topological polar surface area (TPSA) is 19.7 Å². The Labute approximate surface area is 199 Å². The van der Waals surface area contributed by atoms with Crippen LogP contribution in [0.3, 0.4) is 0 Å². The van der Waals surface area contributed by atoms with Crippen molar-refractivity contribution in [2.45, 2.75) is 129 Å². The molecule has 0 fully saturated rings. The second-order valence-electron chi connectivity index (χ2n) is 9.90. The lowest BCUT2D eigenvalue weighted by molar-refractivity contribution is -0.730. The van der Waals surface area contributed by atoms with Crippen molar-refractivity contribution in [1.82, 2.24) is 4.98 Å². The number of nitrogens with one attached hydrogen (secondary N) is 1. The van der Waals surface area contributed by atoms with E-state index in [1.54, 1.807) is 0 Å². The molecule has 2 aromatic rings. The zero-order chi connectivity index (χ0) is 22.7. The van der Waals surface area contributed by atoms with Crippen LogP contribution in [0, 0.1) is 5.92 Å². The molecular formula is C30H51N2+. The van der Waals surface area contributed by atoms with Crippen LogP contribution in [0.5, 0.6) is 0 Å². The molecule has 180 valence electrons. The standard InChI is InChI=1S/C30H50N2/c1-3-5-7-9-11-13-18-22-29(26-28-20-16-15-17-21-28)30(32-25-24-31-27-32)23-19-14-12-10-8-6-4-2/h15-17,20-21,24-25,27,29-30H,3-14,18-19,22-23,26H2,1-2H3/p+1. The predicted octanol–water partition coefficient (Wildman–Crippen LogP) is 8.98. The van der Waals surface area contributed by atoms with Gasteiger partial charge in [-0.3, -0.25) is 4.98 Å². The Balaban J connectivity index is 1.92. The van der Waals surface area contributed by atoms with Crippen molar-refractivity contribution in [3.8, 4) is 0 Å². The lowest BCUT2D eigenvalue weighted by Gasteiger charge is -2.25. The predicted molar refractivity (Wildman–Crippen MR) is 139 cm³/mol. The van der Waals surface area contributed by atoms with Gasteiger partial charge in [0, 0.05) is 5.92 Å². The number of rotatable bonds is 20. The van der Waals surface area contributed by atoms with Crippen molar-refractivity contribution in [2.24, 2.45) is 5.92 Å². The molecule has 0 aliphatic rings. The van der Waals surface area contributed by atoms with Gasteiger partial charge in [0.15, 0.2) is 0 Å². The first kappa shape index (κ1) is 26.7. The van der Waals surface area contributed by atoms with Crippen LogP contribution in [-0.4, -0.2) is 4.98 Å². The van der Waals surface area contributed by atoms with E-state index in [1.807, 2.05) is 0 Å². The molecule has 2 heteroatoms. The minimum atomic E-state index is 0.609. The summed E-state index contributed by atoms with van der Waals surface area (Å²) >= 11 is 0. The number of hydrogen-bond donors (Lipinski definition) is 1. The van der Waals surface area contributed by atoms with Crippen LogP contribution in [-0.2, 0) is 6.42 Å². The number of H-pyrrole nitrogens is 1. The smallest absolute Gasteiger partial charge is 0.241 e. The van der Waals surface area contributed by atoms with E-state index < -0.39 is 0 Å². The van der Waals surface area contributed by atoms with Gasteiger partial charge in [-0.05, 0) is 31.2 Å². The van der Waals surface area contributed by atoms with E-state index in [-0.39, 0.29) is 0 Å². The zero-order valence-corrected chi connectivity index (χ0v) is 21.2. The van der Waals surface area contributed by atoms with E-state index in [2.05, 4.69) is 72.5 Å². The molecule has 2 rings (SSSR count). The Morgan fingerprint density at radius 1 is 0.688 bits per heavy atom. The highest BCUT2D eigenvalue weighted by Crippen LogP contribution is 2.29. The molecule has 2 atom stereocenters. The third kappa shape index (κ3) is 11.3. The van der Waals surface area contributed by atoms with E-state index in [0.29, 0.717) is 12.0 Å². The summed E-state index contributed by atoms with van der Waals surface area (Å²) in [6.45, 7) is 4.61. The molecule has 0 aliphatic carbocycles. The lowest BCUT2D eigenvalue weighted by atomic mass is 9.84. The van der Waals surface area contributed by atoms with Crippen LogP contribution in [0.4, 0.5) is 0 Å². The summed E-state index contributed by atoms with van der Waals surface area (Å²) in [6.07, 6.45) is 29.9. The maximum absolute atomic E-state index is 3.31. The summed E-state index contributed by atoms with van der Waals surface area (Å²) in [5.74, 6) is 0.717. The number of aromatic nitrogens is 2. The highest BCUT2D eigenvalue weighted by atomic mass is 15.1. The van der Waals surface area contributed by atoms with Gasteiger partial charge in [0.05, 0.1) is 0 Å². The summed E-state index contributed by atoms with van der Waals surface area (Å²) in [5, 5.41) is 0. The molecule has 1 N–H and O–H groups in total. The lowest BCUT2D eigenvalue weighted by Crippen LogP contribution is -2.42. The number of hydrogen-bond acceptors (Lipinski definition) is 0. The molecule has 0 saturated carbocycles. The number of nitrogens with zero attached hydrogens (tertiary/aromatic N) is 1. The van der Waals surface area contributed by atoms with Crippen molar-refractivity contribution in [3.63, 3.8) is 0 Å². The highest BCUT2D eigenvalue weighted by molar-refractivity contribution is 5.15. The monoisotopic (exact) mass is 439 g/mol. The maximum atomic E-state index is 3.31. The molecule has 2 unspecified atom stereocenters. The van der Waals surface area contributed by atoms with Crippen LogP contribution < -0.4 is 4.57 Å². The normalized spacial score (nSPS) is 13.3. The Kier molecular flexibility index (Phi) is 14.9. The SMILES string of the molecule is CCCCCCCCCC(Cc1ccccc1)C(CCCCCCCCC)[n+]1cc[nH]c1. The summed E-state index contributed by atoms with van der Waals surface area (Å²) in [6, 6.07) is 11.8. The number of benzene rings is 1. The molecule has 0 saturated heterocycles. The average molecular weight is 440 g/mol. The van der Waals surface area contributed by atoms with Gasteiger partial charge in [0.2, 0.25) is 6.33 Å². The summed E-state index contributed by atoms with van der Waals surface area (Å²) < 4.78 is 2.48. The Bertz CT molecular complexity index is 634. The molecule has 1 aromatic carbocycles. The summed E-state index contributed by atoms with van der Waals surface area (Å²) in [7, 11) is 0. The largest absolute Gasteiger partial charge is 0.250 e. The maximum Gasteiger partial charge on any atom is 0.241 e. The minimum absolute atomic E-state index is 0.609. The molecule has 1 heterocycles. The van der Waals surface area contributed by atoms with Gasteiger partial charge in [0.25, 0.3) is 0 Å². The molecule has 0 radical (unpaired) electrons. The van der Waals surface area contributed by atoms with Gasteiger partial charge < -0.3 is 0 Å². The fourth-order valence-corrected chi connectivity index (χ4v) is 5.16. The van der Waals surface area contributed by atoms with E-state index >= 15 is 0 Å². The second-order valence-corrected chi connectivity index (χ2v) is 9.90. The van der Waals surface area contributed by atoms with E-state index in [0.717, 1.165) is 0 Å². The van der Waals surface area contributed by atoms with Crippen molar-refractivity contribution in [3.05, 3.63) is 54.6 Å². The van der Waals surface area contributed by atoms with Crippen LogP contribution in [0.25, 0.3) is 0 Å². The summed E-state index contributed by atoms with van der Waals surface area (Å²) in [5.41, 5.74) is 1.50. The third-order valence-electron chi connectivity index (χ3n) is 7.12. The van der Waals surface area contributed by atoms with E-state index in [1.165, 1.54) is 115 Å². The Hall–Kier alpha value is -1.57. The van der Waals surface area contributed by atoms with Crippen LogP contribution in [0.2, 0.25) is 0 Å². The fraction of sp³-hybridized carbons (Fsp3) is 0.700. The molecule has 0 aliphatic heterocycles. The average Bonchev–Trinajstić information content (AvgIpc) is 3.35. The second kappa shape index (κ2) is 17.9. The van der Waals surface area contributed by atoms with Crippen molar-refractivity contribution < 1.29 is 4.57 Å². The number of imidazole rings is 1. The van der Waals surface area contributed by atoms with Crippen LogP contribution >= 0.6 is 0 Å². The van der Waals surface area contributed by atoms with Gasteiger partial charge in [0.1, 0.15) is 18.4 Å². The third-order valence-corrected chi connectivity index (χ3v) is 7.12. The van der Waals surface area contributed by atoms with Gasteiger partial charge in [-0.2, -0.15) is 0 Å². The van der Waals surface area contributed by atoms with Crippen molar-refractivity contribution in [2.75, 3.05) is 0 Å². The van der Waals surface area contributed by atoms with Gasteiger partial charge in [-0.1, -0.05) is 128 Å². The molecule has 2 nitrogen and oxygen atoms in total. The minimum Gasteiger partial charge on any atom is -0.250 e. The van der Waals surface area contributed by atoms with E-state index in [9.17, 15) is 0 Å². The fourth-order valence-electron chi connectivity index (χ4n) is 5.16. The number of aromatic amines is 1. The molecule has 1 aromatic heterocycles. The molecule has 32 heavy (non-hydrogen) atoms. The number of unbranched alkanes of at least 4 members (excludes halogenated alkanes) is 12. The zero-order valence-electron chi connectivity index (χ0n) is 21.2. The highest BCUT2D eigenvalue weighted by Gasteiger charge is 2.26. The molecular weight excluding hydrogens is 388 g/mol. The van der Waals surface area contributed by atoms with Crippen LogP contribution in [0.15, 0.2) is 49.1 Å². The first-order valence-corrected chi connectivity index (χ1v) is 13.9. The van der Waals surface area contributed by atoms with Gasteiger partial charge in [-0.25, -0.2) is 4.57 Å². The Morgan fingerprint density at radius 3 is 1.81 bits per heavy atom. The van der Waals surface area contributed by atoms with Crippen molar-refractivity contribution >= 4 is 0 Å². The first-order valence-electron chi connectivity index (χ1n) is 13.9. The first-order chi connectivity index (χ1) is 15.8. The molecule has 0 spiro atoms. The summed E-state index contributed by atoms with van der Waals surface area (Å²) in [4.78, 5) is 3.31. The van der Waals surface area contributed by atoms with Gasteiger partial charge >= 0.3 is 0 Å². The van der Waals surface area contributed by atoms with Crippen molar-refractivity contribution in [1.29, 1.82) is 0 Å². The quantitative estimate of drug-likeness (QED) is 0.157. The Morgan fingerprint density at radius 2 is 1.25 bits per heavy atom. The van der Waals surface area contributed by atoms with Crippen LogP contribution in [0.1, 0.15) is 128 Å². The molecule has 0 bridgehead atoms.